The van der Waals surface area contributed by atoms with Crippen LogP contribution in [0.4, 0.5) is 20.2 Å². The van der Waals surface area contributed by atoms with E-state index in [9.17, 15) is 27.6 Å². The van der Waals surface area contributed by atoms with Crippen molar-refractivity contribution < 1.29 is 36.4 Å². The van der Waals surface area contributed by atoms with Gasteiger partial charge in [0.15, 0.2) is 5.82 Å². The van der Waals surface area contributed by atoms with Crippen molar-refractivity contribution in [2.75, 3.05) is 55.9 Å². The normalized spacial score (nSPS) is 19.2. The van der Waals surface area contributed by atoms with Crippen molar-refractivity contribution in [1.29, 1.82) is 0 Å². The first kappa shape index (κ1) is 43.2. The molecule has 6 heterocycles. The topological polar surface area (TPSA) is 177 Å². The molecular formula is C47H50F2N8O6S. The SMILES string of the molecule is O=C1CCC(Nc2ccc(C3CCN(CCCC(=O)N4CC(c5ccc(-c6cnc7[nH]cc(C(=O)c8c(F)ccc(NS(=O)(=O)N9CCCC9)c8F)c7c6)cc5)C4)CC3)cc2)C(=O)N1. The summed E-state index contributed by atoms with van der Waals surface area (Å²) < 4.78 is 59.8. The number of carbonyl (C=O) groups excluding carboxylic acids is 4. The summed E-state index contributed by atoms with van der Waals surface area (Å²) in [7, 11) is -4.09. The number of hydrogen-bond acceptors (Lipinski definition) is 9. The van der Waals surface area contributed by atoms with Gasteiger partial charge >= 0.3 is 10.2 Å². The number of carbonyl (C=O) groups is 4. The third-order valence-corrected chi connectivity index (χ3v) is 14.6. The van der Waals surface area contributed by atoms with Crippen LogP contribution in [-0.4, -0.2) is 108 Å². The Labute approximate surface area is 370 Å². The van der Waals surface area contributed by atoms with E-state index in [1.807, 2.05) is 41.3 Å². The Kier molecular flexibility index (Phi) is 12.3. The van der Waals surface area contributed by atoms with E-state index in [4.69, 9.17) is 0 Å². The number of ketones is 1. The van der Waals surface area contributed by atoms with Gasteiger partial charge in [-0.15, -0.1) is 0 Å². The number of imide groups is 1. The smallest absolute Gasteiger partial charge is 0.301 e. The van der Waals surface area contributed by atoms with Crippen LogP contribution in [0.25, 0.3) is 22.2 Å². The van der Waals surface area contributed by atoms with Crippen molar-refractivity contribution in [2.24, 2.45) is 0 Å². The minimum Gasteiger partial charge on any atom is -0.374 e. The molecule has 4 N–H and O–H groups in total. The molecule has 0 radical (unpaired) electrons. The number of nitrogens with zero attached hydrogens (tertiary/aromatic N) is 4. The first-order valence-electron chi connectivity index (χ1n) is 22.0. The van der Waals surface area contributed by atoms with Crippen LogP contribution in [0.2, 0.25) is 0 Å². The van der Waals surface area contributed by atoms with Gasteiger partial charge in [0.2, 0.25) is 23.5 Å². The van der Waals surface area contributed by atoms with Crippen LogP contribution in [0.5, 0.6) is 0 Å². The quantitative estimate of drug-likeness (QED) is 0.0737. The van der Waals surface area contributed by atoms with Crippen molar-refractivity contribution in [1.82, 2.24) is 29.4 Å². The molecule has 64 heavy (non-hydrogen) atoms. The number of nitrogens with one attached hydrogen (secondary N) is 4. The van der Waals surface area contributed by atoms with Crippen LogP contribution in [0.3, 0.4) is 0 Å². The molecule has 0 aliphatic carbocycles. The number of rotatable bonds is 14. The monoisotopic (exact) mass is 892 g/mol. The van der Waals surface area contributed by atoms with Gasteiger partial charge in [0.1, 0.15) is 17.5 Å². The number of amides is 3. The number of anilines is 2. The predicted molar refractivity (Wildman–Crippen MR) is 238 cm³/mol. The van der Waals surface area contributed by atoms with Gasteiger partial charge in [0, 0.05) is 79.5 Å². The molecular weight excluding hydrogens is 843 g/mol. The molecule has 9 rings (SSSR count). The van der Waals surface area contributed by atoms with Gasteiger partial charge in [0.25, 0.3) is 0 Å². The zero-order valence-corrected chi connectivity index (χ0v) is 36.1. The van der Waals surface area contributed by atoms with Crippen molar-refractivity contribution in [3.8, 4) is 11.1 Å². The first-order valence-corrected chi connectivity index (χ1v) is 23.4. The Bertz CT molecular complexity index is 2690. The number of aromatic amines is 1. The van der Waals surface area contributed by atoms with Crippen molar-refractivity contribution >= 4 is 56.1 Å². The Morgan fingerprint density at radius 1 is 0.844 bits per heavy atom. The van der Waals surface area contributed by atoms with E-state index in [2.05, 4.69) is 42.4 Å². The second kappa shape index (κ2) is 18.2. The highest BCUT2D eigenvalue weighted by Crippen LogP contribution is 2.34. The van der Waals surface area contributed by atoms with Gasteiger partial charge < -0.3 is 20.1 Å². The molecule has 4 aliphatic heterocycles. The fraction of sp³-hybridized carbons (Fsp3) is 0.383. The molecule has 334 valence electrons. The van der Waals surface area contributed by atoms with Crippen LogP contribution >= 0.6 is 0 Å². The van der Waals surface area contributed by atoms with E-state index in [0.717, 1.165) is 67.8 Å². The fourth-order valence-corrected chi connectivity index (χ4v) is 10.6. The molecule has 4 aliphatic rings. The maximum Gasteiger partial charge on any atom is 0.301 e. The van der Waals surface area contributed by atoms with Gasteiger partial charge in [-0.1, -0.05) is 36.4 Å². The highest BCUT2D eigenvalue weighted by atomic mass is 32.2. The molecule has 14 nitrogen and oxygen atoms in total. The third kappa shape index (κ3) is 9.14. The van der Waals surface area contributed by atoms with Crippen LogP contribution in [-0.2, 0) is 24.6 Å². The number of fused-ring (bicyclic) bond motifs is 1. The Morgan fingerprint density at radius 3 is 2.27 bits per heavy atom. The molecule has 1 unspecified atom stereocenters. The van der Waals surface area contributed by atoms with Gasteiger partial charge in [-0.25, -0.2) is 13.8 Å². The summed E-state index contributed by atoms with van der Waals surface area (Å²) in [5, 5.41) is 5.98. The number of H-pyrrole nitrogens is 1. The summed E-state index contributed by atoms with van der Waals surface area (Å²) in [4.78, 5) is 62.0. The molecule has 2 aromatic heterocycles. The van der Waals surface area contributed by atoms with E-state index in [-0.39, 0.29) is 42.3 Å². The first-order chi connectivity index (χ1) is 30.9. The van der Waals surface area contributed by atoms with E-state index in [1.54, 1.807) is 12.3 Å². The summed E-state index contributed by atoms with van der Waals surface area (Å²) in [5.41, 5.74) is 3.72. The van der Waals surface area contributed by atoms with Crippen LogP contribution in [0.15, 0.2) is 79.1 Å². The molecule has 4 saturated heterocycles. The fourth-order valence-electron chi connectivity index (χ4n) is 9.28. The van der Waals surface area contributed by atoms with Crippen LogP contribution in [0.1, 0.15) is 90.3 Å². The standard InChI is InChI=1S/C47H50F2N8O6S/c48-38-13-14-39(54-64(62,63)57-20-1-2-21-57)44(49)43(38)45(60)37-26-51-46-36(37)24-33(25-50-46)30-5-7-31(8-6-30)34-27-56(28-34)42(59)4-3-19-55-22-17-32(18-23-55)29-9-11-35(12-10-29)52-40-15-16-41(58)53-47(40)61/h5-14,24-26,32,34,40,52,54H,1-4,15-23,27-28H2,(H,50,51)(H,53,58,61). The maximum absolute atomic E-state index is 15.7. The maximum atomic E-state index is 15.7. The number of halogens is 2. The average Bonchev–Trinajstić information content (AvgIpc) is 3.98. The van der Waals surface area contributed by atoms with Crippen molar-refractivity contribution in [2.45, 2.75) is 69.2 Å². The Balaban J connectivity index is 0.739. The lowest BCUT2D eigenvalue weighted by atomic mass is 9.89. The zero-order chi connectivity index (χ0) is 44.5. The molecule has 0 saturated carbocycles. The number of likely N-dealkylation sites (tertiary alicyclic amines) is 2. The van der Waals surface area contributed by atoms with Crippen molar-refractivity contribution in [3.63, 3.8) is 0 Å². The number of pyridine rings is 1. The minimum atomic E-state index is -4.09. The predicted octanol–water partition coefficient (Wildman–Crippen LogP) is 6.29. The second-order valence-electron chi connectivity index (χ2n) is 17.3. The zero-order valence-electron chi connectivity index (χ0n) is 35.2. The van der Waals surface area contributed by atoms with Crippen LogP contribution in [0, 0.1) is 11.6 Å². The molecule has 5 aromatic rings. The van der Waals surface area contributed by atoms with Gasteiger partial charge in [-0.2, -0.15) is 12.7 Å². The summed E-state index contributed by atoms with van der Waals surface area (Å²) in [6.07, 6.45) is 8.59. The Morgan fingerprint density at radius 2 is 1.55 bits per heavy atom. The van der Waals surface area contributed by atoms with E-state index in [0.29, 0.717) is 67.7 Å². The van der Waals surface area contributed by atoms with E-state index >= 15 is 8.78 Å². The summed E-state index contributed by atoms with van der Waals surface area (Å²) >= 11 is 0. The lowest BCUT2D eigenvalue weighted by Crippen LogP contribution is -2.48. The molecule has 0 bridgehead atoms. The number of piperidine rings is 2. The Hall–Kier alpha value is -6.04. The van der Waals surface area contributed by atoms with E-state index in [1.165, 1.54) is 16.1 Å². The van der Waals surface area contributed by atoms with Gasteiger partial charge in [-0.3, -0.25) is 29.2 Å². The molecule has 17 heteroatoms. The van der Waals surface area contributed by atoms with Crippen molar-refractivity contribution in [3.05, 3.63) is 113 Å². The highest BCUT2D eigenvalue weighted by molar-refractivity contribution is 7.90. The minimum absolute atomic E-state index is 0.00982. The molecule has 0 spiro atoms. The van der Waals surface area contributed by atoms with Crippen LogP contribution < -0.4 is 15.4 Å². The number of hydrogen-bond donors (Lipinski definition) is 4. The molecule has 4 fully saturated rings. The van der Waals surface area contributed by atoms with Gasteiger partial charge in [0.05, 0.1) is 11.3 Å². The summed E-state index contributed by atoms with van der Waals surface area (Å²) in [6.45, 7) is 4.73. The summed E-state index contributed by atoms with van der Waals surface area (Å²) in [6, 6.07) is 19.4. The molecule has 1 atom stereocenters. The van der Waals surface area contributed by atoms with Gasteiger partial charge in [-0.05, 0) is 111 Å². The van der Waals surface area contributed by atoms with E-state index < -0.39 is 44.9 Å². The number of benzene rings is 3. The lowest BCUT2D eigenvalue weighted by molar-refractivity contribution is -0.136. The summed E-state index contributed by atoms with van der Waals surface area (Å²) in [5.74, 6) is -3.03. The second-order valence-corrected chi connectivity index (χ2v) is 18.9. The highest BCUT2D eigenvalue weighted by Gasteiger charge is 2.33. The number of aromatic nitrogens is 2. The molecule has 3 amide bonds. The third-order valence-electron chi connectivity index (χ3n) is 13.1. The molecule has 3 aromatic carbocycles. The average molecular weight is 893 g/mol. The lowest BCUT2D eigenvalue weighted by Gasteiger charge is -2.40. The largest absolute Gasteiger partial charge is 0.374 e.